The fourth-order valence-electron chi connectivity index (χ4n) is 3.49. The first-order chi connectivity index (χ1) is 17.9. The van der Waals surface area contributed by atoms with Crippen molar-refractivity contribution >= 4 is 40.0 Å². The molecular formula is C26H23N5O5S. The molecule has 1 amide bonds. The third kappa shape index (κ3) is 6.01. The highest BCUT2D eigenvalue weighted by molar-refractivity contribution is 7.99. The van der Waals surface area contributed by atoms with E-state index >= 15 is 0 Å². The number of ether oxygens (including phenoxy) is 1. The molecule has 0 aliphatic heterocycles. The normalized spacial score (nSPS) is 11.4. The molecule has 0 fully saturated rings. The van der Waals surface area contributed by atoms with Gasteiger partial charge in [-0.3, -0.25) is 24.3 Å². The molecule has 10 nitrogen and oxygen atoms in total. The maximum absolute atomic E-state index is 13.4. The van der Waals surface area contributed by atoms with Crippen LogP contribution < -0.4 is 15.7 Å². The molecule has 0 atom stereocenters. The Morgan fingerprint density at radius 1 is 1.11 bits per heavy atom. The summed E-state index contributed by atoms with van der Waals surface area (Å²) < 4.78 is 6.97. The minimum absolute atomic E-state index is 0.0292. The number of hydrogen-bond donors (Lipinski definition) is 1. The van der Waals surface area contributed by atoms with E-state index in [9.17, 15) is 19.7 Å². The van der Waals surface area contributed by atoms with E-state index in [0.717, 1.165) is 11.8 Å². The Bertz CT molecular complexity index is 1530. The summed E-state index contributed by atoms with van der Waals surface area (Å²) in [5, 5.41) is 15.7. The monoisotopic (exact) mass is 517 g/mol. The number of benzene rings is 3. The number of aromatic nitrogens is 2. The molecule has 1 heterocycles. The highest BCUT2D eigenvalue weighted by atomic mass is 32.2. The number of para-hydroxylation sites is 1. The highest BCUT2D eigenvalue weighted by Gasteiger charge is 2.15. The number of non-ortho nitro benzene ring substituents is 1. The van der Waals surface area contributed by atoms with E-state index in [0.29, 0.717) is 45.4 Å². The highest BCUT2D eigenvalue weighted by Crippen LogP contribution is 2.23. The van der Waals surface area contributed by atoms with E-state index in [2.05, 4.69) is 15.5 Å². The lowest BCUT2D eigenvalue weighted by molar-refractivity contribution is -0.384. The van der Waals surface area contributed by atoms with Crippen LogP contribution in [0.25, 0.3) is 16.6 Å². The molecule has 4 aromatic rings. The number of hydrazone groups is 1. The molecule has 4 rings (SSSR count). The number of nitro benzene ring substituents is 1. The summed E-state index contributed by atoms with van der Waals surface area (Å²) in [7, 11) is 0. The van der Waals surface area contributed by atoms with Gasteiger partial charge in [0.1, 0.15) is 5.75 Å². The molecule has 0 saturated carbocycles. The van der Waals surface area contributed by atoms with E-state index in [1.165, 1.54) is 16.7 Å². The number of nitrogens with one attached hydrogen (secondary N) is 1. The topological polar surface area (TPSA) is 129 Å². The fraction of sp³-hybridized carbons (Fsp3) is 0.154. The SMILES string of the molecule is CCOc1ccc(-n2c(SCC(=O)NN=C(C)c3ccc([N+](=O)[O-])cc3)nc3ccccc3c2=O)cc1. The largest absolute Gasteiger partial charge is 0.494 e. The average Bonchev–Trinajstić information content (AvgIpc) is 2.91. The lowest BCUT2D eigenvalue weighted by Gasteiger charge is -2.13. The second kappa shape index (κ2) is 11.5. The lowest BCUT2D eigenvalue weighted by atomic mass is 10.1. The fourth-order valence-corrected chi connectivity index (χ4v) is 4.30. The van der Waals surface area contributed by atoms with Gasteiger partial charge in [-0.05, 0) is 67.9 Å². The molecule has 0 aliphatic rings. The summed E-state index contributed by atoms with van der Waals surface area (Å²) in [6.45, 7) is 4.10. The van der Waals surface area contributed by atoms with Gasteiger partial charge in [0.15, 0.2) is 5.16 Å². The van der Waals surface area contributed by atoms with Crippen LogP contribution in [0, 0.1) is 10.1 Å². The van der Waals surface area contributed by atoms with Crippen molar-refractivity contribution in [3.8, 4) is 11.4 Å². The van der Waals surface area contributed by atoms with Gasteiger partial charge in [0.2, 0.25) is 0 Å². The number of hydrogen-bond acceptors (Lipinski definition) is 8. The third-order valence-corrected chi connectivity index (χ3v) is 6.27. The lowest BCUT2D eigenvalue weighted by Crippen LogP contribution is -2.24. The first-order valence-electron chi connectivity index (χ1n) is 11.3. The molecule has 3 aromatic carbocycles. The Morgan fingerprint density at radius 2 is 1.81 bits per heavy atom. The summed E-state index contributed by atoms with van der Waals surface area (Å²) >= 11 is 1.11. The van der Waals surface area contributed by atoms with E-state index < -0.39 is 10.8 Å². The van der Waals surface area contributed by atoms with Gasteiger partial charge < -0.3 is 4.74 Å². The standard InChI is InChI=1S/C26H23N5O5S/c1-3-36-21-14-12-19(13-15-21)30-25(33)22-6-4-5-7-23(22)27-26(30)37-16-24(32)29-28-17(2)18-8-10-20(11-9-18)31(34)35/h4-15H,3,16H2,1-2H3,(H,29,32). The Balaban J connectivity index is 1.54. The average molecular weight is 518 g/mol. The molecule has 0 aliphatic carbocycles. The molecule has 0 spiro atoms. The summed E-state index contributed by atoms with van der Waals surface area (Å²) in [5.74, 6) is 0.244. The van der Waals surface area contributed by atoms with Crippen molar-refractivity contribution in [1.29, 1.82) is 0 Å². The van der Waals surface area contributed by atoms with Gasteiger partial charge in [0, 0.05) is 12.1 Å². The van der Waals surface area contributed by atoms with Crippen molar-refractivity contribution in [3.05, 3.63) is 98.8 Å². The molecule has 0 radical (unpaired) electrons. The maximum atomic E-state index is 13.4. The number of carbonyl (C=O) groups excluding carboxylic acids is 1. The molecule has 0 bridgehead atoms. The molecule has 1 aromatic heterocycles. The summed E-state index contributed by atoms with van der Waals surface area (Å²) in [5.41, 5.74) is 4.47. The Labute approximate surface area is 216 Å². The van der Waals surface area contributed by atoms with E-state index in [1.807, 2.05) is 6.92 Å². The maximum Gasteiger partial charge on any atom is 0.269 e. The van der Waals surface area contributed by atoms with Gasteiger partial charge in [0.05, 0.1) is 39.6 Å². The van der Waals surface area contributed by atoms with Gasteiger partial charge >= 0.3 is 0 Å². The van der Waals surface area contributed by atoms with Gasteiger partial charge in [-0.1, -0.05) is 23.9 Å². The third-order valence-electron chi connectivity index (χ3n) is 5.33. The van der Waals surface area contributed by atoms with Gasteiger partial charge in [0.25, 0.3) is 17.2 Å². The van der Waals surface area contributed by atoms with Gasteiger partial charge in [-0.2, -0.15) is 5.10 Å². The zero-order valence-corrected chi connectivity index (χ0v) is 20.9. The minimum Gasteiger partial charge on any atom is -0.494 e. The second-order valence-corrected chi connectivity index (χ2v) is 8.75. The molecule has 0 saturated heterocycles. The zero-order valence-electron chi connectivity index (χ0n) is 20.1. The van der Waals surface area contributed by atoms with E-state index in [-0.39, 0.29) is 17.0 Å². The number of amides is 1. The smallest absolute Gasteiger partial charge is 0.269 e. The van der Waals surface area contributed by atoms with E-state index in [4.69, 9.17) is 4.74 Å². The summed E-state index contributed by atoms with van der Waals surface area (Å²) in [6, 6.07) is 20.0. The molecule has 188 valence electrons. The van der Waals surface area contributed by atoms with E-state index in [1.54, 1.807) is 67.6 Å². The van der Waals surface area contributed by atoms with Crippen LogP contribution in [-0.4, -0.2) is 38.5 Å². The van der Waals surface area contributed by atoms with Crippen LogP contribution in [-0.2, 0) is 4.79 Å². The number of rotatable bonds is 9. The second-order valence-electron chi connectivity index (χ2n) is 7.80. The molecular weight excluding hydrogens is 494 g/mol. The van der Waals surface area contributed by atoms with Crippen molar-refractivity contribution in [2.24, 2.45) is 5.10 Å². The summed E-state index contributed by atoms with van der Waals surface area (Å²) in [4.78, 5) is 40.9. The Hall–Kier alpha value is -4.51. The summed E-state index contributed by atoms with van der Waals surface area (Å²) in [6.07, 6.45) is 0. The van der Waals surface area contributed by atoms with Crippen molar-refractivity contribution < 1.29 is 14.5 Å². The van der Waals surface area contributed by atoms with Crippen molar-refractivity contribution in [3.63, 3.8) is 0 Å². The predicted octanol–water partition coefficient (Wildman–Crippen LogP) is 4.33. The van der Waals surface area contributed by atoms with Crippen LogP contribution in [0.2, 0.25) is 0 Å². The molecule has 0 unspecified atom stereocenters. The number of nitrogens with zero attached hydrogens (tertiary/aromatic N) is 4. The van der Waals surface area contributed by atoms with Crippen LogP contribution in [0.1, 0.15) is 19.4 Å². The van der Waals surface area contributed by atoms with Crippen molar-refractivity contribution in [2.75, 3.05) is 12.4 Å². The van der Waals surface area contributed by atoms with Crippen LogP contribution >= 0.6 is 11.8 Å². The first-order valence-corrected chi connectivity index (χ1v) is 12.3. The first kappa shape index (κ1) is 25.6. The molecule has 37 heavy (non-hydrogen) atoms. The van der Waals surface area contributed by atoms with Crippen LogP contribution in [0.15, 0.2) is 87.8 Å². The predicted molar refractivity (Wildman–Crippen MR) is 143 cm³/mol. The van der Waals surface area contributed by atoms with Crippen LogP contribution in [0.3, 0.4) is 0 Å². The number of carbonyl (C=O) groups is 1. The van der Waals surface area contributed by atoms with Crippen LogP contribution in [0.5, 0.6) is 5.75 Å². The zero-order chi connectivity index (χ0) is 26.4. The minimum atomic E-state index is -0.483. The molecule has 1 N–H and O–H groups in total. The number of fused-ring (bicyclic) bond motifs is 1. The number of thioether (sulfide) groups is 1. The van der Waals surface area contributed by atoms with Crippen molar-refractivity contribution in [1.82, 2.24) is 15.0 Å². The van der Waals surface area contributed by atoms with Gasteiger partial charge in [-0.15, -0.1) is 0 Å². The molecule has 11 heteroatoms. The Kier molecular flexibility index (Phi) is 7.94. The quantitative estimate of drug-likeness (QED) is 0.115. The van der Waals surface area contributed by atoms with Crippen LogP contribution in [0.4, 0.5) is 5.69 Å². The van der Waals surface area contributed by atoms with Crippen molar-refractivity contribution in [2.45, 2.75) is 19.0 Å². The number of nitro groups is 1. The van der Waals surface area contributed by atoms with Gasteiger partial charge in [-0.25, -0.2) is 10.4 Å². The Morgan fingerprint density at radius 3 is 2.49 bits per heavy atom.